The zero-order chi connectivity index (χ0) is 36.8. The summed E-state index contributed by atoms with van der Waals surface area (Å²) >= 11 is 7.11. The minimum atomic E-state index is -0.684. The number of benzene rings is 3. The highest BCUT2D eigenvalue weighted by molar-refractivity contribution is 6.35. The fraction of sp³-hybridized carbons (Fsp3) is 0.375. The highest BCUT2D eigenvalue weighted by Gasteiger charge is 2.31. The summed E-state index contributed by atoms with van der Waals surface area (Å²) < 4.78 is 38.3. The van der Waals surface area contributed by atoms with Gasteiger partial charge in [-0.3, -0.25) is 9.36 Å². The van der Waals surface area contributed by atoms with Gasteiger partial charge in [0.1, 0.15) is 23.4 Å². The average Bonchev–Trinajstić information content (AvgIpc) is 3.72. The molecule has 2 unspecified atom stereocenters. The fourth-order valence-electron chi connectivity index (χ4n) is 7.55. The molecule has 12 heteroatoms. The molecule has 2 atom stereocenters. The first-order valence-electron chi connectivity index (χ1n) is 17.5. The molecule has 1 aliphatic rings. The van der Waals surface area contributed by atoms with Crippen LogP contribution in [0.2, 0.25) is 5.02 Å². The minimum absolute atomic E-state index is 0.188. The van der Waals surface area contributed by atoms with E-state index in [0.717, 1.165) is 61.0 Å². The second-order valence-electron chi connectivity index (χ2n) is 13.7. The number of carbonyl (C=O) groups excluding carboxylic acids is 1. The van der Waals surface area contributed by atoms with Gasteiger partial charge in [0.25, 0.3) is 0 Å². The number of hydrogen-bond acceptors (Lipinski definition) is 7. The standard InChI is InChI=1S/C40H43ClFN5O5/c1-22(48)16-34-38-36(24(3)45(4)44-38)37-31(41)12-13-32-35(37)23(2)39(40(49)50-6)47(32)14-7-15-51-33-18-25(17-26-19-27(42)9-11-30(26)33)8-10-29-20-28(21-52-34)43-46(29)5/h9,11-13,17-20,22,34,48H,7-8,10,14-16,21H2,1-6H3. The molecule has 7 rings (SSSR count). The molecule has 272 valence electrons. The van der Waals surface area contributed by atoms with E-state index < -0.39 is 18.2 Å². The Hall–Kier alpha value is -4.71. The van der Waals surface area contributed by atoms with Crippen molar-refractivity contribution in [1.29, 1.82) is 0 Å². The van der Waals surface area contributed by atoms with E-state index in [1.54, 1.807) is 17.7 Å². The van der Waals surface area contributed by atoms with Crippen LogP contribution in [0.4, 0.5) is 4.39 Å². The molecule has 0 radical (unpaired) electrons. The summed E-state index contributed by atoms with van der Waals surface area (Å²) in [5, 5.41) is 23.3. The summed E-state index contributed by atoms with van der Waals surface area (Å²) in [7, 11) is 5.16. The number of esters is 1. The van der Waals surface area contributed by atoms with Gasteiger partial charge in [-0.2, -0.15) is 10.2 Å². The zero-order valence-corrected chi connectivity index (χ0v) is 31.1. The normalized spacial score (nSPS) is 16.1. The van der Waals surface area contributed by atoms with E-state index >= 15 is 0 Å². The number of fused-ring (bicyclic) bond motifs is 8. The number of ether oxygens (including phenoxy) is 3. The first-order chi connectivity index (χ1) is 24.9. The van der Waals surface area contributed by atoms with Crippen molar-refractivity contribution < 1.29 is 28.5 Å². The van der Waals surface area contributed by atoms with Crippen LogP contribution in [0.15, 0.2) is 48.5 Å². The summed E-state index contributed by atoms with van der Waals surface area (Å²) in [4.78, 5) is 13.4. The zero-order valence-electron chi connectivity index (χ0n) is 30.3. The molecule has 0 amide bonds. The number of nitrogens with zero attached hydrogens (tertiary/aromatic N) is 5. The number of aliphatic hydroxyl groups is 1. The molecule has 3 aromatic heterocycles. The van der Waals surface area contributed by atoms with Gasteiger partial charge in [0.15, 0.2) is 0 Å². The Morgan fingerprint density at radius 3 is 2.65 bits per heavy atom. The third-order valence-corrected chi connectivity index (χ3v) is 10.4. The number of hydrogen-bond donors (Lipinski definition) is 1. The summed E-state index contributed by atoms with van der Waals surface area (Å²) in [6.45, 7) is 6.61. The quantitative estimate of drug-likeness (QED) is 0.186. The van der Waals surface area contributed by atoms with Gasteiger partial charge in [-0.25, -0.2) is 9.18 Å². The Morgan fingerprint density at radius 2 is 1.88 bits per heavy atom. The van der Waals surface area contributed by atoms with Crippen LogP contribution in [0.5, 0.6) is 5.75 Å². The molecule has 1 aliphatic heterocycles. The number of methoxy groups -OCH3 is 1. The highest BCUT2D eigenvalue weighted by atomic mass is 35.5. The monoisotopic (exact) mass is 727 g/mol. The van der Waals surface area contributed by atoms with E-state index in [1.807, 2.05) is 67.5 Å². The van der Waals surface area contributed by atoms with Crippen molar-refractivity contribution in [3.05, 3.63) is 99.0 Å². The van der Waals surface area contributed by atoms with E-state index in [-0.39, 0.29) is 18.8 Å². The van der Waals surface area contributed by atoms with Crippen molar-refractivity contribution >= 4 is 39.2 Å². The number of aromatic nitrogens is 5. The molecule has 0 aliphatic carbocycles. The molecular weight excluding hydrogens is 685 g/mol. The number of halogens is 2. The third-order valence-electron chi connectivity index (χ3n) is 10.1. The maximum absolute atomic E-state index is 14.4. The lowest BCUT2D eigenvalue weighted by atomic mass is 9.94. The lowest BCUT2D eigenvalue weighted by Gasteiger charge is -2.20. The molecular formula is C40H43ClFN5O5. The van der Waals surface area contributed by atoms with Gasteiger partial charge in [-0.15, -0.1) is 0 Å². The van der Waals surface area contributed by atoms with Gasteiger partial charge in [0.2, 0.25) is 0 Å². The fourth-order valence-corrected chi connectivity index (χ4v) is 7.81. The molecule has 52 heavy (non-hydrogen) atoms. The molecule has 4 heterocycles. The van der Waals surface area contributed by atoms with Gasteiger partial charge in [-0.05, 0) is 99.0 Å². The van der Waals surface area contributed by atoms with Crippen molar-refractivity contribution in [2.45, 2.75) is 71.8 Å². The van der Waals surface area contributed by atoms with Crippen LogP contribution in [0.25, 0.3) is 32.8 Å². The lowest BCUT2D eigenvalue weighted by molar-refractivity contribution is 0.00246. The van der Waals surface area contributed by atoms with E-state index in [2.05, 4.69) is 0 Å². The maximum Gasteiger partial charge on any atom is 0.354 e. The van der Waals surface area contributed by atoms with Crippen molar-refractivity contribution in [2.24, 2.45) is 14.1 Å². The van der Waals surface area contributed by atoms with E-state index in [9.17, 15) is 14.3 Å². The molecule has 0 spiro atoms. The molecule has 10 nitrogen and oxygen atoms in total. The van der Waals surface area contributed by atoms with Gasteiger partial charge in [0, 0.05) is 70.9 Å². The number of aliphatic hydroxyl groups excluding tert-OH is 1. The molecule has 6 aromatic rings. The number of carbonyl (C=O) groups is 1. The second-order valence-corrected chi connectivity index (χ2v) is 14.1. The number of rotatable bonds is 3. The van der Waals surface area contributed by atoms with Crippen LogP contribution >= 0.6 is 11.6 Å². The van der Waals surface area contributed by atoms with Crippen molar-refractivity contribution in [2.75, 3.05) is 13.7 Å². The van der Waals surface area contributed by atoms with Crippen LogP contribution in [0.1, 0.15) is 70.3 Å². The van der Waals surface area contributed by atoms with Crippen LogP contribution in [0.3, 0.4) is 0 Å². The molecule has 0 saturated heterocycles. The van der Waals surface area contributed by atoms with Crippen LogP contribution in [-0.2, 0) is 49.6 Å². The van der Waals surface area contributed by atoms with Gasteiger partial charge >= 0.3 is 5.97 Å². The van der Waals surface area contributed by atoms with Crippen molar-refractivity contribution in [3.63, 3.8) is 0 Å². The smallest absolute Gasteiger partial charge is 0.354 e. The minimum Gasteiger partial charge on any atom is -0.493 e. The van der Waals surface area contributed by atoms with Gasteiger partial charge in [-0.1, -0.05) is 17.7 Å². The predicted octanol–water partition coefficient (Wildman–Crippen LogP) is 7.72. The Kier molecular flexibility index (Phi) is 9.86. The molecule has 0 fully saturated rings. The SMILES string of the molecule is COC(=O)c1c(C)c2c3c(Cl)ccc2n1CCCOc1cc(cc2cc(F)ccc12)CCc1cc(nn1C)COC(CC(C)O)c1nn(C)c(C)c1-3. The Bertz CT molecular complexity index is 2320. The average molecular weight is 728 g/mol. The first kappa shape index (κ1) is 35.7. The molecule has 1 N–H and O–H groups in total. The number of aryl methyl sites for hydroxylation is 6. The van der Waals surface area contributed by atoms with E-state index in [1.165, 1.54) is 19.2 Å². The molecule has 0 saturated carbocycles. The Morgan fingerprint density at radius 1 is 1.08 bits per heavy atom. The largest absolute Gasteiger partial charge is 0.493 e. The highest BCUT2D eigenvalue weighted by Crippen LogP contribution is 2.45. The first-order valence-corrected chi connectivity index (χ1v) is 17.9. The van der Waals surface area contributed by atoms with E-state index in [4.69, 9.17) is 36.0 Å². The van der Waals surface area contributed by atoms with Gasteiger partial charge < -0.3 is 23.9 Å². The summed E-state index contributed by atoms with van der Waals surface area (Å²) in [5.41, 5.74) is 7.77. The van der Waals surface area contributed by atoms with E-state index in [0.29, 0.717) is 54.6 Å². The van der Waals surface area contributed by atoms with Crippen LogP contribution < -0.4 is 4.74 Å². The summed E-state index contributed by atoms with van der Waals surface area (Å²) in [6.07, 6.45) is 0.946. The maximum atomic E-state index is 14.4. The summed E-state index contributed by atoms with van der Waals surface area (Å²) in [5.74, 6) is -0.0902. The lowest BCUT2D eigenvalue weighted by Crippen LogP contribution is -2.14. The van der Waals surface area contributed by atoms with Crippen LogP contribution in [0, 0.1) is 19.7 Å². The molecule has 8 bridgehead atoms. The Labute approximate surface area is 306 Å². The molecule has 3 aromatic carbocycles. The van der Waals surface area contributed by atoms with Crippen molar-refractivity contribution in [1.82, 2.24) is 24.1 Å². The predicted molar refractivity (Wildman–Crippen MR) is 198 cm³/mol. The third kappa shape index (κ3) is 6.57. The summed E-state index contributed by atoms with van der Waals surface area (Å²) in [6, 6.07) is 14.6. The van der Waals surface area contributed by atoms with Gasteiger partial charge in [0.05, 0.1) is 37.8 Å². The Balaban J connectivity index is 1.41. The second kappa shape index (κ2) is 14.4. The van der Waals surface area contributed by atoms with Crippen molar-refractivity contribution in [3.8, 4) is 16.9 Å². The topological polar surface area (TPSA) is 106 Å². The van der Waals surface area contributed by atoms with Crippen LogP contribution in [-0.4, -0.2) is 55.0 Å².